The van der Waals surface area contributed by atoms with Gasteiger partial charge in [-0.15, -0.1) is 11.3 Å². The summed E-state index contributed by atoms with van der Waals surface area (Å²) in [5.74, 6) is 0.130. The minimum atomic E-state index is -0.536. The Bertz CT molecular complexity index is 1010. The van der Waals surface area contributed by atoms with E-state index >= 15 is 0 Å². The number of carbonyl (C=O) groups is 2. The lowest BCUT2D eigenvalue weighted by Gasteiger charge is -2.03. The van der Waals surface area contributed by atoms with Crippen molar-refractivity contribution in [3.8, 4) is 17.0 Å². The van der Waals surface area contributed by atoms with Crippen LogP contribution >= 0.6 is 11.3 Å². The van der Waals surface area contributed by atoms with E-state index in [4.69, 9.17) is 9.47 Å². The molecule has 8 heteroatoms. The van der Waals surface area contributed by atoms with Crippen LogP contribution < -0.4 is 4.74 Å². The zero-order chi connectivity index (χ0) is 20.3. The van der Waals surface area contributed by atoms with Crippen LogP contribution in [0.2, 0.25) is 0 Å². The molecule has 2 aromatic heterocycles. The lowest BCUT2D eigenvalue weighted by atomic mass is 10.1. The standard InChI is InChI=1S/C20H21N3O4S/c1-5-27-20(25)18-16(17-19(12(2)24)28-13(3)21-17)11-23(22-18)10-14-6-8-15(26-4)9-7-14/h6-9,11H,5,10H2,1-4H3. The highest BCUT2D eigenvalue weighted by Crippen LogP contribution is 2.31. The third-order valence-electron chi connectivity index (χ3n) is 4.04. The number of rotatable bonds is 7. The molecule has 0 aliphatic heterocycles. The van der Waals surface area contributed by atoms with E-state index < -0.39 is 5.97 Å². The number of benzene rings is 1. The molecule has 0 bridgehead atoms. The molecule has 0 N–H and O–H groups in total. The fourth-order valence-corrected chi connectivity index (χ4v) is 3.62. The topological polar surface area (TPSA) is 83.3 Å². The number of methoxy groups -OCH3 is 1. The van der Waals surface area contributed by atoms with Crippen LogP contribution in [-0.4, -0.2) is 40.2 Å². The molecule has 3 aromatic rings. The first-order valence-corrected chi connectivity index (χ1v) is 9.60. The molecule has 28 heavy (non-hydrogen) atoms. The number of thiazole rings is 1. The van der Waals surface area contributed by atoms with Gasteiger partial charge in [0.05, 0.1) is 41.4 Å². The van der Waals surface area contributed by atoms with Gasteiger partial charge in [0.1, 0.15) is 5.75 Å². The number of carbonyl (C=O) groups excluding carboxylic acids is 2. The third kappa shape index (κ3) is 4.12. The van der Waals surface area contributed by atoms with Gasteiger partial charge >= 0.3 is 5.97 Å². The maximum Gasteiger partial charge on any atom is 0.359 e. The molecule has 0 saturated carbocycles. The average molecular weight is 399 g/mol. The lowest BCUT2D eigenvalue weighted by molar-refractivity contribution is 0.0519. The molecule has 1 aromatic carbocycles. The fraction of sp³-hybridized carbons (Fsp3) is 0.300. The summed E-state index contributed by atoms with van der Waals surface area (Å²) in [6.45, 7) is 5.74. The van der Waals surface area contributed by atoms with Crippen LogP contribution in [0.15, 0.2) is 30.5 Å². The smallest absolute Gasteiger partial charge is 0.359 e. The Hall–Kier alpha value is -3.00. The average Bonchev–Trinajstić information content (AvgIpc) is 3.26. The molecule has 0 amide bonds. The summed E-state index contributed by atoms with van der Waals surface area (Å²) in [6, 6.07) is 7.59. The quantitative estimate of drug-likeness (QED) is 0.444. The van der Waals surface area contributed by atoms with Crippen molar-refractivity contribution in [1.29, 1.82) is 0 Å². The summed E-state index contributed by atoms with van der Waals surface area (Å²) in [5.41, 5.74) is 2.12. The first kappa shape index (κ1) is 19.8. The van der Waals surface area contributed by atoms with Gasteiger partial charge in [0.2, 0.25) is 0 Å². The predicted molar refractivity (Wildman–Crippen MR) is 106 cm³/mol. The molecule has 3 rings (SSSR count). The first-order chi connectivity index (χ1) is 13.4. The van der Waals surface area contributed by atoms with Crippen molar-refractivity contribution in [1.82, 2.24) is 14.8 Å². The highest BCUT2D eigenvalue weighted by molar-refractivity contribution is 7.14. The summed E-state index contributed by atoms with van der Waals surface area (Å²) >= 11 is 1.30. The van der Waals surface area contributed by atoms with Gasteiger partial charge in [0.25, 0.3) is 0 Å². The second-order valence-corrected chi connectivity index (χ2v) is 7.33. The van der Waals surface area contributed by atoms with E-state index in [-0.39, 0.29) is 18.1 Å². The van der Waals surface area contributed by atoms with Crippen molar-refractivity contribution in [3.05, 3.63) is 51.6 Å². The Morgan fingerprint density at radius 1 is 1.21 bits per heavy atom. The van der Waals surface area contributed by atoms with Crippen LogP contribution in [0, 0.1) is 6.92 Å². The largest absolute Gasteiger partial charge is 0.497 e. The van der Waals surface area contributed by atoms with Crippen molar-refractivity contribution < 1.29 is 19.1 Å². The molecule has 0 aliphatic rings. The summed E-state index contributed by atoms with van der Waals surface area (Å²) in [7, 11) is 1.61. The van der Waals surface area contributed by atoms with Gasteiger partial charge in [-0.2, -0.15) is 5.10 Å². The van der Waals surface area contributed by atoms with Gasteiger partial charge in [-0.1, -0.05) is 12.1 Å². The molecule has 2 heterocycles. The minimum Gasteiger partial charge on any atom is -0.497 e. The van der Waals surface area contributed by atoms with Crippen LogP contribution in [0.1, 0.15) is 44.6 Å². The SMILES string of the molecule is CCOC(=O)c1nn(Cc2ccc(OC)cc2)cc1-c1nc(C)sc1C(C)=O. The van der Waals surface area contributed by atoms with Crippen LogP contribution in [0.4, 0.5) is 0 Å². The molecule has 0 atom stereocenters. The molecule has 0 fully saturated rings. The molecule has 0 radical (unpaired) electrons. The van der Waals surface area contributed by atoms with Crippen molar-refractivity contribution in [2.45, 2.75) is 27.3 Å². The van der Waals surface area contributed by atoms with E-state index in [1.165, 1.54) is 18.3 Å². The number of Topliss-reactive ketones (excluding diaryl/α,β-unsaturated/α-hetero) is 1. The molecule has 0 aliphatic carbocycles. The first-order valence-electron chi connectivity index (χ1n) is 8.79. The Labute approximate surface area is 166 Å². The normalized spacial score (nSPS) is 10.7. The van der Waals surface area contributed by atoms with E-state index in [1.807, 2.05) is 31.2 Å². The molecule has 0 unspecified atom stereocenters. The second kappa shape index (κ2) is 8.35. The number of nitrogens with zero attached hydrogens (tertiary/aromatic N) is 3. The molecule has 0 spiro atoms. The van der Waals surface area contributed by atoms with Gasteiger partial charge in [0.15, 0.2) is 11.5 Å². The van der Waals surface area contributed by atoms with Gasteiger partial charge in [0, 0.05) is 13.1 Å². The van der Waals surface area contributed by atoms with Gasteiger partial charge in [-0.25, -0.2) is 9.78 Å². The van der Waals surface area contributed by atoms with Crippen molar-refractivity contribution in [3.63, 3.8) is 0 Å². The number of ketones is 1. The van der Waals surface area contributed by atoms with Crippen LogP contribution in [0.3, 0.4) is 0 Å². The summed E-state index contributed by atoms with van der Waals surface area (Å²) in [6.07, 6.45) is 1.73. The van der Waals surface area contributed by atoms with Gasteiger partial charge < -0.3 is 9.47 Å². The van der Waals surface area contributed by atoms with Gasteiger partial charge in [-0.3, -0.25) is 9.48 Å². The summed E-state index contributed by atoms with van der Waals surface area (Å²) < 4.78 is 12.0. The predicted octanol–water partition coefficient (Wildman–Crippen LogP) is 3.75. The Morgan fingerprint density at radius 2 is 1.93 bits per heavy atom. The molecular formula is C20H21N3O4S. The highest BCUT2D eigenvalue weighted by atomic mass is 32.1. The minimum absolute atomic E-state index is 0.0988. The Morgan fingerprint density at radius 3 is 2.54 bits per heavy atom. The number of aromatic nitrogens is 3. The molecule has 146 valence electrons. The third-order valence-corrected chi connectivity index (χ3v) is 5.11. The monoisotopic (exact) mass is 399 g/mol. The number of hydrogen-bond donors (Lipinski definition) is 0. The van der Waals surface area contributed by atoms with Crippen molar-refractivity contribution in [2.75, 3.05) is 13.7 Å². The summed E-state index contributed by atoms with van der Waals surface area (Å²) in [4.78, 5) is 29.5. The van der Waals surface area contributed by atoms with E-state index in [2.05, 4.69) is 10.1 Å². The summed E-state index contributed by atoms with van der Waals surface area (Å²) in [5, 5.41) is 5.16. The Kier molecular flexibility index (Phi) is 5.89. The molecule has 0 saturated heterocycles. The van der Waals surface area contributed by atoms with Crippen LogP contribution in [0.25, 0.3) is 11.3 Å². The van der Waals surface area contributed by atoms with Gasteiger partial charge in [-0.05, 0) is 31.5 Å². The lowest BCUT2D eigenvalue weighted by Crippen LogP contribution is -2.09. The highest BCUT2D eigenvalue weighted by Gasteiger charge is 2.25. The zero-order valence-electron chi connectivity index (χ0n) is 16.2. The number of ether oxygens (including phenoxy) is 2. The van der Waals surface area contributed by atoms with Crippen molar-refractivity contribution in [2.24, 2.45) is 0 Å². The Balaban J connectivity index is 2.03. The number of esters is 1. The number of aryl methyl sites for hydroxylation is 1. The number of hydrogen-bond acceptors (Lipinski definition) is 7. The van der Waals surface area contributed by atoms with E-state index in [9.17, 15) is 9.59 Å². The van der Waals surface area contributed by atoms with E-state index in [1.54, 1.807) is 24.9 Å². The maximum absolute atomic E-state index is 12.5. The van der Waals surface area contributed by atoms with E-state index in [0.717, 1.165) is 16.3 Å². The fourth-order valence-electron chi connectivity index (χ4n) is 2.79. The molecule has 7 nitrogen and oxygen atoms in total. The van der Waals surface area contributed by atoms with Crippen molar-refractivity contribution >= 4 is 23.1 Å². The molecular weight excluding hydrogens is 378 g/mol. The van der Waals surface area contributed by atoms with E-state index in [0.29, 0.717) is 22.7 Å². The van der Waals surface area contributed by atoms with Crippen LogP contribution in [0.5, 0.6) is 5.75 Å². The maximum atomic E-state index is 12.5. The second-order valence-electron chi connectivity index (χ2n) is 6.12. The van der Waals surface area contributed by atoms with Crippen LogP contribution in [-0.2, 0) is 11.3 Å². The zero-order valence-corrected chi connectivity index (χ0v) is 17.0.